The molecule has 1 aromatic carbocycles. The quantitative estimate of drug-likeness (QED) is 0.848. The monoisotopic (exact) mass is 294 g/mol. The van der Waals surface area contributed by atoms with Gasteiger partial charge in [0.25, 0.3) is 0 Å². The highest BCUT2D eigenvalue weighted by atomic mass is 16.2. The van der Waals surface area contributed by atoms with Crippen molar-refractivity contribution >= 4 is 16.7 Å². The van der Waals surface area contributed by atoms with Gasteiger partial charge in [0.15, 0.2) is 0 Å². The van der Waals surface area contributed by atoms with Gasteiger partial charge < -0.3 is 4.90 Å². The van der Waals surface area contributed by atoms with Crippen LogP contribution in [0.1, 0.15) is 37.8 Å². The fourth-order valence-corrected chi connectivity index (χ4v) is 3.64. The lowest BCUT2D eigenvalue weighted by Gasteiger charge is -2.33. The van der Waals surface area contributed by atoms with Gasteiger partial charge in [0, 0.05) is 42.2 Å². The van der Waals surface area contributed by atoms with Crippen LogP contribution < -0.4 is 0 Å². The molecule has 1 saturated heterocycles. The molecule has 3 nitrogen and oxygen atoms in total. The average molecular weight is 294 g/mol. The molecule has 2 aliphatic rings. The molecule has 0 radical (unpaired) electrons. The lowest BCUT2D eigenvalue weighted by Crippen LogP contribution is -2.40. The molecule has 2 heterocycles. The number of nitrogens with zero attached hydrogens (tertiary/aromatic N) is 2. The van der Waals surface area contributed by atoms with Crippen LogP contribution in [-0.4, -0.2) is 28.9 Å². The number of amides is 1. The number of rotatable bonds is 2. The van der Waals surface area contributed by atoms with E-state index in [9.17, 15) is 4.79 Å². The first kappa shape index (κ1) is 13.7. The summed E-state index contributed by atoms with van der Waals surface area (Å²) in [6.45, 7) is 3.94. The number of aromatic nitrogens is 1. The smallest absolute Gasteiger partial charge is 0.225 e. The van der Waals surface area contributed by atoms with Crippen molar-refractivity contribution in [3.63, 3.8) is 0 Å². The Bertz CT molecular complexity index is 711. The Morgan fingerprint density at radius 1 is 1.27 bits per heavy atom. The highest BCUT2D eigenvalue weighted by Crippen LogP contribution is 2.40. The first-order chi connectivity index (χ1) is 10.7. The normalized spacial score (nSPS) is 27.9. The Kier molecular flexibility index (Phi) is 3.36. The molecule has 0 unspecified atom stereocenters. The van der Waals surface area contributed by atoms with Crippen molar-refractivity contribution in [2.75, 3.05) is 13.1 Å². The van der Waals surface area contributed by atoms with Crippen molar-refractivity contribution in [3.8, 4) is 0 Å². The highest BCUT2D eigenvalue weighted by molar-refractivity contribution is 5.82. The van der Waals surface area contributed by atoms with Crippen molar-refractivity contribution in [2.45, 2.75) is 32.1 Å². The number of hydrogen-bond donors (Lipinski definition) is 0. The summed E-state index contributed by atoms with van der Waals surface area (Å²) in [5, 5.41) is 2.42. The van der Waals surface area contributed by atoms with Gasteiger partial charge in [-0.2, -0.15) is 0 Å². The van der Waals surface area contributed by atoms with Crippen LogP contribution >= 0.6 is 0 Å². The minimum atomic E-state index is 0.295. The van der Waals surface area contributed by atoms with Crippen molar-refractivity contribution in [1.29, 1.82) is 0 Å². The molecule has 0 bridgehead atoms. The summed E-state index contributed by atoms with van der Waals surface area (Å²) in [7, 11) is 0. The summed E-state index contributed by atoms with van der Waals surface area (Å²) in [6.07, 6.45) is 5.27. The maximum Gasteiger partial charge on any atom is 0.225 e. The highest BCUT2D eigenvalue weighted by Gasteiger charge is 2.42. The standard InChI is InChI=1S/C19H22N2O/c1-13-9-17(13)19(22)21-8-4-7-16(12-21)18-10-14-5-2-3-6-15(14)11-20-18/h2-3,5-6,10-11,13,16-17H,4,7-9,12H2,1H3/t13-,16-,17-/m0/s1. The van der Waals surface area contributed by atoms with E-state index >= 15 is 0 Å². The number of likely N-dealkylation sites (tertiary alicyclic amines) is 1. The largest absolute Gasteiger partial charge is 0.342 e. The number of piperidine rings is 1. The van der Waals surface area contributed by atoms with Crippen molar-refractivity contribution in [1.82, 2.24) is 9.88 Å². The molecule has 1 aliphatic carbocycles. The van der Waals surface area contributed by atoms with E-state index in [1.54, 1.807) is 0 Å². The molecule has 0 spiro atoms. The zero-order chi connectivity index (χ0) is 15.1. The lowest BCUT2D eigenvalue weighted by molar-refractivity contribution is -0.134. The molecule has 1 aromatic heterocycles. The minimum absolute atomic E-state index is 0.295. The summed E-state index contributed by atoms with van der Waals surface area (Å²) in [5.74, 6) is 1.64. The average Bonchev–Trinajstić information content (AvgIpc) is 3.30. The predicted octanol–water partition coefficient (Wildman–Crippen LogP) is 3.60. The van der Waals surface area contributed by atoms with Gasteiger partial charge in [-0.3, -0.25) is 9.78 Å². The SMILES string of the molecule is C[C@H]1C[C@@H]1C(=O)N1CCC[C@H](c2cc3ccccc3cn2)C1. The first-order valence-corrected chi connectivity index (χ1v) is 8.36. The van der Waals surface area contributed by atoms with Crippen LogP contribution in [0.15, 0.2) is 36.5 Å². The third-order valence-corrected chi connectivity index (χ3v) is 5.23. The van der Waals surface area contributed by atoms with Crippen molar-refractivity contribution < 1.29 is 4.79 Å². The van der Waals surface area contributed by atoms with E-state index < -0.39 is 0 Å². The van der Waals surface area contributed by atoms with Crippen LogP contribution in [0.4, 0.5) is 0 Å². The van der Waals surface area contributed by atoms with E-state index in [1.807, 2.05) is 12.3 Å². The fraction of sp³-hybridized carbons (Fsp3) is 0.474. The maximum atomic E-state index is 12.5. The molecule has 22 heavy (non-hydrogen) atoms. The Labute approximate surface area is 131 Å². The Morgan fingerprint density at radius 3 is 2.82 bits per heavy atom. The number of fused-ring (bicyclic) bond motifs is 1. The van der Waals surface area contributed by atoms with Gasteiger partial charge in [-0.25, -0.2) is 0 Å². The molecule has 3 atom stereocenters. The molecule has 114 valence electrons. The van der Waals surface area contributed by atoms with Gasteiger partial charge in [0.1, 0.15) is 0 Å². The molecule has 2 fully saturated rings. The topological polar surface area (TPSA) is 33.2 Å². The number of pyridine rings is 1. The van der Waals surface area contributed by atoms with E-state index in [0.717, 1.165) is 38.0 Å². The van der Waals surface area contributed by atoms with Crippen LogP contribution in [0.5, 0.6) is 0 Å². The Hall–Kier alpha value is -1.90. The number of benzene rings is 1. The maximum absolute atomic E-state index is 12.5. The van der Waals surface area contributed by atoms with Crippen molar-refractivity contribution in [3.05, 3.63) is 42.2 Å². The summed E-state index contributed by atoms with van der Waals surface area (Å²) in [5.41, 5.74) is 1.14. The Morgan fingerprint density at radius 2 is 2.05 bits per heavy atom. The van der Waals surface area contributed by atoms with Crippen LogP contribution in [0.3, 0.4) is 0 Å². The molecule has 3 heteroatoms. The van der Waals surface area contributed by atoms with E-state index in [2.05, 4.69) is 41.1 Å². The van der Waals surface area contributed by atoms with E-state index in [-0.39, 0.29) is 0 Å². The van der Waals surface area contributed by atoms with Gasteiger partial charge in [0.2, 0.25) is 5.91 Å². The first-order valence-electron chi connectivity index (χ1n) is 8.36. The van der Waals surface area contributed by atoms with Crippen LogP contribution in [0.25, 0.3) is 10.8 Å². The summed E-state index contributed by atoms with van der Waals surface area (Å²) in [4.78, 5) is 19.2. The van der Waals surface area contributed by atoms with E-state index in [1.165, 1.54) is 10.8 Å². The summed E-state index contributed by atoms with van der Waals surface area (Å²) >= 11 is 0. The van der Waals surface area contributed by atoms with Gasteiger partial charge in [0.05, 0.1) is 0 Å². The summed E-state index contributed by atoms with van der Waals surface area (Å²) in [6, 6.07) is 10.5. The molecule has 1 saturated carbocycles. The van der Waals surface area contributed by atoms with E-state index in [4.69, 9.17) is 0 Å². The Balaban J connectivity index is 1.54. The lowest BCUT2D eigenvalue weighted by atomic mass is 9.93. The molecule has 1 amide bonds. The predicted molar refractivity (Wildman–Crippen MR) is 87.6 cm³/mol. The second-order valence-electron chi connectivity index (χ2n) is 6.90. The second-order valence-corrected chi connectivity index (χ2v) is 6.90. The number of hydrogen-bond acceptors (Lipinski definition) is 2. The second kappa shape index (κ2) is 5.38. The van der Waals surface area contributed by atoms with Gasteiger partial charge in [-0.1, -0.05) is 31.2 Å². The zero-order valence-electron chi connectivity index (χ0n) is 13.0. The third kappa shape index (κ3) is 2.49. The fourth-order valence-electron chi connectivity index (χ4n) is 3.64. The number of carbonyl (C=O) groups excluding carboxylic acids is 1. The molecule has 2 aromatic rings. The van der Waals surface area contributed by atoms with Gasteiger partial charge in [-0.05, 0) is 36.6 Å². The van der Waals surface area contributed by atoms with Gasteiger partial charge >= 0.3 is 0 Å². The van der Waals surface area contributed by atoms with E-state index in [0.29, 0.717) is 23.7 Å². The number of carbonyl (C=O) groups is 1. The zero-order valence-corrected chi connectivity index (χ0v) is 13.0. The van der Waals surface area contributed by atoms with Gasteiger partial charge in [-0.15, -0.1) is 0 Å². The van der Waals surface area contributed by atoms with Crippen LogP contribution in [0, 0.1) is 11.8 Å². The molecule has 4 rings (SSSR count). The van der Waals surface area contributed by atoms with Crippen LogP contribution in [-0.2, 0) is 4.79 Å². The molecule has 0 N–H and O–H groups in total. The molecular formula is C19H22N2O. The molecular weight excluding hydrogens is 272 g/mol. The minimum Gasteiger partial charge on any atom is -0.342 e. The van der Waals surface area contributed by atoms with Crippen LogP contribution in [0.2, 0.25) is 0 Å². The van der Waals surface area contributed by atoms with Crippen molar-refractivity contribution in [2.24, 2.45) is 11.8 Å². The summed E-state index contributed by atoms with van der Waals surface area (Å²) < 4.78 is 0. The third-order valence-electron chi connectivity index (χ3n) is 5.23. The molecule has 1 aliphatic heterocycles.